The van der Waals surface area contributed by atoms with Gasteiger partial charge in [-0.25, -0.2) is 4.39 Å². The van der Waals surface area contributed by atoms with E-state index in [1.807, 2.05) is 0 Å². The van der Waals surface area contributed by atoms with Gasteiger partial charge in [0.05, 0.1) is 13.2 Å². The fourth-order valence-corrected chi connectivity index (χ4v) is 5.35. The number of aryl methyl sites for hydroxylation is 1. The summed E-state index contributed by atoms with van der Waals surface area (Å²) in [5, 5.41) is 6.55. The first-order valence-electron chi connectivity index (χ1n) is 12.2. The van der Waals surface area contributed by atoms with E-state index >= 15 is 0 Å². The summed E-state index contributed by atoms with van der Waals surface area (Å²) in [5.74, 6) is 0.955. The lowest BCUT2D eigenvalue weighted by atomic mass is 10.1. The fourth-order valence-electron chi connectivity index (χ4n) is 4.48. The van der Waals surface area contributed by atoms with Gasteiger partial charge in [0.15, 0.2) is 0 Å². The summed E-state index contributed by atoms with van der Waals surface area (Å²) in [6.07, 6.45) is 1.12. The van der Waals surface area contributed by atoms with Gasteiger partial charge in [0, 0.05) is 48.2 Å². The predicted molar refractivity (Wildman–Crippen MR) is 137 cm³/mol. The number of benzene rings is 2. The van der Waals surface area contributed by atoms with Crippen LogP contribution in [0, 0.1) is 12.7 Å². The molecule has 4 rings (SSSR count). The Hall–Kier alpha value is -2.42. The summed E-state index contributed by atoms with van der Waals surface area (Å²) < 4.78 is 18.6. The van der Waals surface area contributed by atoms with Gasteiger partial charge in [-0.05, 0) is 50.1 Å². The number of ether oxygens (including phenoxy) is 1. The number of morpholine rings is 1. The molecule has 2 aliphatic rings. The molecule has 1 saturated heterocycles. The normalized spacial score (nSPS) is 22.5. The third kappa shape index (κ3) is 6.84. The molecule has 1 aliphatic carbocycles. The highest BCUT2D eigenvalue weighted by Crippen LogP contribution is 2.51. The second-order valence-corrected chi connectivity index (χ2v) is 10.7. The van der Waals surface area contributed by atoms with Gasteiger partial charge in [0.25, 0.3) is 5.91 Å². The standard InChI is InChI=1S/C27H34FN3O3S/c1-19-3-5-20(6-4-19)23-17-27(23,2)29-11-16-35-18-24(26(33)31-12-14-34-15-13-31)30-25(32)21-7-9-22(28)10-8-21/h3-10,23-24,29H,11-18H2,1-2H3,(H,30,32)/t23-,24-,27+/m0/s1. The Morgan fingerprint density at radius 1 is 1.14 bits per heavy atom. The lowest BCUT2D eigenvalue weighted by Gasteiger charge is -2.30. The molecule has 2 aromatic rings. The van der Waals surface area contributed by atoms with Crippen molar-refractivity contribution in [3.05, 3.63) is 71.0 Å². The first-order valence-corrected chi connectivity index (χ1v) is 13.3. The molecule has 3 atom stereocenters. The van der Waals surface area contributed by atoms with E-state index in [1.54, 1.807) is 16.7 Å². The van der Waals surface area contributed by atoms with Crippen molar-refractivity contribution in [2.45, 2.75) is 37.8 Å². The molecule has 188 valence electrons. The summed E-state index contributed by atoms with van der Waals surface area (Å²) >= 11 is 1.64. The van der Waals surface area contributed by atoms with Crippen LogP contribution in [0.25, 0.3) is 0 Å². The van der Waals surface area contributed by atoms with Gasteiger partial charge < -0.3 is 20.3 Å². The molecule has 2 aromatic carbocycles. The van der Waals surface area contributed by atoms with E-state index in [0.717, 1.165) is 18.7 Å². The minimum absolute atomic E-state index is 0.0992. The lowest BCUT2D eigenvalue weighted by Crippen LogP contribution is -2.53. The second-order valence-electron chi connectivity index (χ2n) is 9.56. The summed E-state index contributed by atoms with van der Waals surface area (Å²) in [4.78, 5) is 27.6. The van der Waals surface area contributed by atoms with Crippen LogP contribution in [0.1, 0.15) is 40.7 Å². The number of carbonyl (C=O) groups is 2. The highest BCUT2D eigenvalue weighted by molar-refractivity contribution is 7.99. The Labute approximate surface area is 211 Å². The Morgan fingerprint density at radius 3 is 2.51 bits per heavy atom. The van der Waals surface area contributed by atoms with Crippen LogP contribution >= 0.6 is 11.8 Å². The van der Waals surface area contributed by atoms with Crippen LogP contribution in [-0.2, 0) is 9.53 Å². The zero-order valence-corrected chi connectivity index (χ0v) is 21.2. The predicted octanol–water partition coefficient (Wildman–Crippen LogP) is 3.36. The van der Waals surface area contributed by atoms with Gasteiger partial charge in [-0.2, -0.15) is 11.8 Å². The topological polar surface area (TPSA) is 70.7 Å². The van der Waals surface area contributed by atoms with Crippen molar-refractivity contribution in [3.63, 3.8) is 0 Å². The molecule has 0 aromatic heterocycles. The average molecular weight is 500 g/mol. The van der Waals surface area contributed by atoms with E-state index in [4.69, 9.17) is 4.74 Å². The number of hydrogen-bond acceptors (Lipinski definition) is 5. The first-order chi connectivity index (χ1) is 16.9. The number of rotatable bonds is 10. The van der Waals surface area contributed by atoms with Crippen LogP contribution in [0.15, 0.2) is 48.5 Å². The van der Waals surface area contributed by atoms with Gasteiger partial charge in [-0.1, -0.05) is 29.8 Å². The van der Waals surface area contributed by atoms with E-state index in [1.165, 1.54) is 35.4 Å². The van der Waals surface area contributed by atoms with E-state index in [9.17, 15) is 14.0 Å². The number of thioether (sulfide) groups is 1. The smallest absolute Gasteiger partial charge is 0.251 e. The third-order valence-electron chi connectivity index (χ3n) is 6.81. The fraction of sp³-hybridized carbons (Fsp3) is 0.481. The van der Waals surface area contributed by atoms with Gasteiger partial charge in [-0.3, -0.25) is 9.59 Å². The van der Waals surface area contributed by atoms with Crippen LogP contribution in [-0.4, -0.2) is 72.6 Å². The van der Waals surface area contributed by atoms with Gasteiger partial charge in [-0.15, -0.1) is 0 Å². The highest BCUT2D eigenvalue weighted by atomic mass is 32.2. The van der Waals surface area contributed by atoms with E-state index in [2.05, 4.69) is 48.7 Å². The molecule has 0 spiro atoms. The van der Waals surface area contributed by atoms with Gasteiger partial charge >= 0.3 is 0 Å². The van der Waals surface area contributed by atoms with E-state index in [-0.39, 0.29) is 17.4 Å². The summed E-state index contributed by atoms with van der Waals surface area (Å²) in [7, 11) is 0. The number of nitrogens with zero attached hydrogens (tertiary/aromatic N) is 1. The van der Waals surface area contributed by atoms with Crippen LogP contribution in [0.5, 0.6) is 0 Å². The minimum Gasteiger partial charge on any atom is -0.378 e. The van der Waals surface area contributed by atoms with Crippen LogP contribution < -0.4 is 10.6 Å². The van der Waals surface area contributed by atoms with Crippen molar-refractivity contribution in [2.24, 2.45) is 0 Å². The molecule has 6 nitrogen and oxygen atoms in total. The molecule has 35 heavy (non-hydrogen) atoms. The molecule has 8 heteroatoms. The maximum absolute atomic E-state index is 13.2. The molecule has 2 fully saturated rings. The number of carbonyl (C=O) groups excluding carboxylic acids is 2. The van der Waals surface area contributed by atoms with Crippen LogP contribution in [0.3, 0.4) is 0 Å². The number of amides is 2. The second kappa shape index (κ2) is 11.5. The zero-order chi connectivity index (χ0) is 24.8. The maximum atomic E-state index is 13.2. The molecular formula is C27H34FN3O3S. The van der Waals surface area contributed by atoms with Crippen molar-refractivity contribution < 1.29 is 18.7 Å². The van der Waals surface area contributed by atoms with E-state index in [0.29, 0.717) is 43.5 Å². The lowest BCUT2D eigenvalue weighted by molar-refractivity contribution is -0.136. The molecule has 0 bridgehead atoms. The number of halogens is 1. The maximum Gasteiger partial charge on any atom is 0.251 e. The van der Waals surface area contributed by atoms with Gasteiger partial charge in [0.1, 0.15) is 11.9 Å². The molecule has 2 amide bonds. The summed E-state index contributed by atoms with van der Waals surface area (Å²) in [5.41, 5.74) is 3.09. The monoisotopic (exact) mass is 499 g/mol. The van der Waals surface area contributed by atoms with Crippen molar-refractivity contribution in [1.29, 1.82) is 0 Å². The first kappa shape index (κ1) is 25.7. The molecular weight excluding hydrogens is 465 g/mol. The number of hydrogen-bond donors (Lipinski definition) is 2. The van der Waals surface area contributed by atoms with Crippen LogP contribution in [0.2, 0.25) is 0 Å². The van der Waals surface area contributed by atoms with Crippen molar-refractivity contribution >= 4 is 23.6 Å². The summed E-state index contributed by atoms with van der Waals surface area (Å²) in [6.45, 7) is 7.23. The third-order valence-corrected chi connectivity index (χ3v) is 7.87. The summed E-state index contributed by atoms with van der Waals surface area (Å²) in [6, 6.07) is 13.5. The van der Waals surface area contributed by atoms with Crippen molar-refractivity contribution in [3.8, 4) is 0 Å². The zero-order valence-electron chi connectivity index (χ0n) is 20.4. The molecule has 0 unspecified atom stereocenters. The van der Waals surface area contributed by atoms with Crippen molar-refractivity contribution in [2.75, 3.05) is 44.4 Å². The Kier molecular flexibility index (Phi) is 8.46. The Balaban J connectivity index is 1.27. The molecule has 0 radical (unpaired) electrons. The Bertz CT molecular complexity index is 1010. The van der Waals surface area contributed by atoms with Crippen molar-refractivity contribution in [1.82, 2.24) is 15.5 Å². The average Bonchev–Trinajstić information content (AvgIpc) is 3.55. The molecule has 2 N–H and O–H groups in total. The Morgan fingerprint density at radius 2 is 1.83 bits per heavy atom. The number of nitrogens with one attached hydrogen (secondary N) is 2. The highest BCUT2D eigenvalue weighted by Gasteiger charge is 2.50. The van der Waals surface area contributed by atoms with Crippen LogP contribution in [0.4, 0.5) is 4.39 Å². The molecule has 1 saturated carbocycles. The minimum atomic E-state index is -0.646. The largest absolute Gasteiger partial charge is 0.378 e. The SMILES string of the molecule is Cc1ccc([C@@H]2C[C@@]2(C)NCCSC[C@H](NC(=O)c2ccc(F)cc2)C(=O)N2CCOCC2)cc1. The molecule has 1 aliphatic heterocycles. The van der Waals surface area contributed by atoms with Gasteiger partial charge in [0.2, 0.25) is 5.91 Å². The molecule has 1 heterocycles. The van der Waals surface area contributed by atoms with E-state index < -0.39 is 11.9 Å². The quantitative estimate of drug-likeness (QED) is 0.491.